The summed E-state index contributed by atoms with van der Waals surface area (Å²) in [5, 5.41) is 15.1. The third-order valence-electron chi connectivity index (χ3n) is 3.23. The van der Waals surface area contributed by atoms with E-state index in [1.165, 1.54) is 4.88 Å². The molecule has 0 aliphatic carbocycles. The Morgan fingerprint density at radius 3 is 3.30 bits per heavy atom. The van der Waals surface area contributed by atoms with Crippen LogP contribution in [0.5, 0.6) is 0 Å². The highest BCUT2D eigenvalue weighted by atomic mass is 32.1. The number of hydrogen-bond acceptors (Lipinski definition) is 6. The first-order valence-corrected chi connectivity index (χ1v) is 7.91. The molecule has 6 heteroatoms. The summed E-state index contributed by atoms with van der Waals surface area (Å²) in [7, 11) is 2.10. The Bertz CT molecular complexity index is 361. The Hall–Kier alpha value is -0.500. The quantitative estimate of drug-likeness (QED) is 0.734. The highest BCUT2D eigenvalue weighted by Gasteiger charge is 2.17. The minimum absolute atomic E-state index is 0.216. The largest absolute Gasteiger partial charge is 0.389 e. The molecule has 2 rings (SSSR count). The summed E-state index contributed by atoms with van der Waals surface area (Å²) >= 11 is 1.67. The molecule has 1 fully saturated rings. The van der Waals surface area contributed by atoms with Crippen molar-refractivity contribution in [2.45, 2.75) is 18.8 Å². The number of aliphatic hydroxyl groups is 1. The number of morpholine rings is 1. The van der Waals surface area contributed by atoms with Crippen LogP contribution >= 0.6 is 11.3 Å². The highest BCUT2D eigenvalue weighted by molar-refractivity contribution is 7.09. The molecule has 114 valence electrons. The van der Waals surface area contributed by atoms with E-state index in [-0.39, 0.29) is 6.10 Å². The van der Waals surface area contributed by atoms with Gasteiger partial charge in [0, 0.05) is 31.1 Å². The van der Waals surface area contributed by atoms with Crippen LogP contribution in [0.15, 0.2) is 17.5 Å². The molecule has 5 nitrogen and oxygen atoms in total. The van der Waals surface area contributed by atoms with Crippen LogP contribution in [-0.4, -0.2) is 68.7 Å². The van der Waals surface area contributed by atoms with Gasteiger partial charge in [-0.15, -0.1) is 11.3 Å². The molecule has 0 amide bonds. The van der Waals surface area contributed by atoms with Gasteiger partial charge in [-0.3, -0.25) is 0 Å². The molecule has 2 N–H and O–H groups in total. The average molecular weight is 300 g/mol. The Balaban J connectivity index is 1.50. The van der Waals surface area contributed by atoms with E-state index in [9.17, 15) is 5.11 Å². The van der Waals surface area contributed by atoms with E-state index in [1.807, 2.05) is 17.5 Å². The van der Waals surface area contributed by atoms with Crippen LogP contribution < -0.4 is 5.32 Å². The molecular weight excluding hydrogens is 276 g/mol. The van der Waals surface area contributed by atoms with Crippen LogP contribution in [0.2, 0.25) is 0 Å². The predicted molar refractivity (Wildman–Crippen MR) is 80.1 cm³/mol. The van der Waals surface area contributed by atoms with Gasteiger partial charge >= 0.3 is 0 Å². The molecule has 1 saturated heterocycles. The van der Waals surface area contributed by atoms with Gasteiger partial charge in [0.1, 0.15) is 0 Å². The zero-order valence-electron chi connectivity index (χ0n) is 12.0. The van der Waals surface area contributed by atoms with E-state index in [4.69, 9.17) is 9.47 Å². The molecule has 1 aliphatic rings. The third-order valence-corrected chi connectivity index (χ3v) is 4.08. The molecular formula is C14H24N2O3S. The molecule has 20 heavy (non-hydrogen) atoms. The lowest BCUT2D eigenvalue weighted by Crippen LogP contribution is -2.46. The lowest BCUT2D eigenvalue weighted by atomic mass is 10.2. The monoisotopic (exact) mass is 300 g/mol. The lowest BCUT2D eigenvalue weighted by Gasteiger charge is -2.30. The standard InChI is InChI=1S/C14H24N2O3S/c1-16-4-5-19-13(9-16)8-15-7-12(17)10-18-11-14-3-2-6-20-14/h2-3,6,12-13,15,17H,4-5,7-11H2,1H3. The maximum Gasteiger partial charge on any atom is 0.0897 e. The van der Waals surface area contributed by atoms with Gasteiger partial charge in [0.2, 0.25) is 0 Å². The molecule has 2 heterocycles. The molecule has 0 bridgehead atoms. The topological polar surface area (TPSA) is 54.0 Å². The van der Waals surface area contributed by atoms with E-state index in [0.717, 1.165) is 26.2 Å². The van der Waals surface area contributed by atoms with Crippen LogP contribution in [-0.2, 0) is 16.1 Å². The molecule has 1 aromatic rings. The highest BCUT2D eigenvalue weighted by Crippen LogP contribution is 2.09. The minimum atomic E-state index is -0.476. The summed E-state index contributed by atoms with van der Waals surface area (Å²) in [5.74, 6) is 0. The Kier molecular flexibility index (Phi) is 6.92. The van der Waals surface area contributed by atoms with Crippen molar-refractivity contribution in [1.29, 1.82) is 0 Å². The molecule has 0 saturated carbocycles. The SMILES string of the molecule is CN1CCOC(CNCC(O)COCc2cccs2)C1. The van der Waals surface area contributed by atoms with Crippen molar-refractivity contribution >= 4 is 11.3 Å². The van der Waals surface area contributed by atoms with Gasteiger partial charge in [0.25, 0.3) is 0 Å². The second kappa shape index (κ2) is 8.71. The van der Waals surface area contributed by atoms with Gasteiger partial charge in [-0.05, 0) is 18.5 Å². The van der Waals surface area contributed by atoms with Crippen molar-refractivity contribution in [3.05, 3.63) is 22.4 Å². The van der Waals surface area contributed by atoms with Crippen LogP contribution in [0, 0.1) is 0 Å². The summed E-state index contributed by atoms with van der Waals surface area (Å²) in [6.07, 6.45) is -0.260. The van der Waals surface area contributed by atoms with Gasteiger partial charge in [0.05, 0.1) is 32.0 Å². The van der Waals surface area contributed by atoms with E-state index in [2.05, 4.69) is 17.3 Å². The van der Waals surface area contributed by atoms with Gasteiger partial charge in [-0.1, -0.05) is 6.07 Å². The van der Waals surface area contributed by atoms with E-state index in [1.54, 1.807) is 11.3 Å². The second-order valence-corrected chi connectivity index (χ2v) is 6.19. The third kappa shape index (κ3) is 5.87. The van der Waals surface area contributed by atoms with Crippen LogP contribution in [0.1, 0.15) is 4.88 Å². The van der Waals surface area contributed by atoms with E-state index >= 15 is 0 Å². The molecule has 2 atom stereocenters. The lowest BCUT2D eigenvalue weighted by molar-refractivity contribution is -0.0211. The molecule has 1 aliphatic heterocycles. The van der Waals surface area contributed by atoms with Crippen molar-refractivity contribution in [2.75, 3.05) is 46.4 Å². The number of hydrogen-bond donors (Lipinski definition) is 2. The zero-order valence-corrected chi connectivity index (χ0v) is 12.8. The smallest absolute Gasteiger partial charge is 0.0897 e. The first-order valence-electron chi connectivity index (χ1n) is 7.03. The van der Waals surface area contributed by atoms with Gasteiger partial charge in [-0.25, -0.2) is 0 Å². The number of nitrogens with one attached hydrogen (secondary N) is 1. The van der Waals surface area contributed by atoms with Crippen molar-refractivity contribution in [2.24, 2.45) is 0 Å². The van der Waals surface area contributed by atoms with Crippen LogP contribution in [0.25, 0.3) is 0 Å². The average Bonchev–Trinajstić information content (AvgIpc) is 2.92. The van der Waals surface area contributed by atoms with E-state index < -0.39 is 6.10 Å². The van der Waals surface area contributed by atoms with Crippen LogP contribution in [0.3, 0.4) is 0 Å². The number of aliphatic hydroxyl groups excluding tert-OH is 1. The first-order chi connectivity index (χ1) is 9.74. The fraction of sp³-hybridized carbons (Fsp3) is 0.714. The van der Waals surface area contributed by atoms with Gasteiger partial charge < -0.3 is 24.8 Å². The second-order valence-electron chi connectivity index (χ2n) is 5.16. The number of likely N-dealkylation sites (N-methyl/N-ethyl adjacent to an activating group) is 1. The maximum absolute atomic E-state index is 9.82. The summed E-state index contributed by atoms with van der Waals surface area (Å²) < 4.78 is 11.1. The summed E-state index contributed by atoms with van der Waals surface area (Å²) in [6, 6.07) is 4.04. The van der Waals surface area contributed by atoms with Crippen molar-refractivity contribution in [3.63, 3.8) is 0 Å². The molecule has 1 aromatic heterocycles. The number of ether oxygens (including phenoxy) is 2. The predicted octanol–water partition coefficient (Wildman–Crippen LogP) is 0.546. The summed E-state index contributed by atoms with van der Waals surface area (Å²) in [4.78, 5) is 3.44. The Morgan fingerprint density at radius 2 is 2.55 bits per heavy atom. The summed E-state index contributed by atoms with van der Waals surface area (Å²) in [6.45, 7) is 4.96. The van der Waals surface area contributed by atoms with Crippen molar-refractivity contribution < 1.29 is 14.6 Å². The fourth-order valence-electron chi connectivity index (χ4n) is 2.15. The minimum Gasteiger partial charge on any atom is -0.389 e. The normalized spacial score (nSPS) is 22.0. The van der Waals surface area contributed by atoms with E-state index in [0.29, 0.717) is 19.8 Å². The van der Waals surface area contributed by atoms with Crippen LogP contribution in [0.4, 0.5) is 0 Å². The summed E-state index contributed by atoms with van der Waals surface area (Å²) in [5.41, 5.74) is 0. The Labute approximate surface area is 124 Å². The molecule has 0 radical (unpaired) electrons. The molecule has 0 spiro atoms. The maximum atomic E-state index is 9.82. The molecule has 2 unspecified atom stereocenters. The number of thiophene rings is 1. The van der Waals surface area contributed by atoms with Gasteiger partial charge in [0.15, 0.2) is 0 Å². The number of rotatable bonds is 8. The van der Waals surface area contributed by atoms with Crippen molar-refractivity contribution in [1.82, 2.24) is 10.2 Å². The van der Waals surface area contributed by atoms with Gasteiger partial charge in [-0.2, -0.15) is 0 Å². The Morgan fingerprint density at radius 1 is 1.65 bits per heavy atom. The first kappa shape index (κ1) is 15.9. The number of nitrogens with zero attached hydrogens (tertiary/aromatic N) is 1. The van der Waals surface area contributed by atoms with Crippen molar-refractivity contribution in [3.8, 4) is 0 Å². The zero-order chi connectivity index (χ0) is 14.2. The molecule has 0 aromatic carbocycles. The fourth-order valence-corrected chi connectivity index (χ4v) is 2.79.